The number of hydrogen-bond acceptors (Lipinski definition) is 0. The van der Waals surface area contributed by atoms with Crippen LogP contribution in [-0.2, 0) is 0 Å². The molecule has 0 amide bonds. The van der Waals surface area contributed by atoms with Gasteiger partial charge in [0.25, 0.3) is 0 Å². The molecular weight excluding hydrogens is 1380 g/mol. The van der Waals surface area contributed by atoms with Crippen molar-refractivity contribution in [2.45, 2.75) is 116 Å². The van der Waals surface area contributed by atoms with Crippen molar-refractivity contribution < 1.29 is 0 Å². The van der Waals surface area contributed by atoms with Gasteiger partial charge in [0.15, 0.2) is 0 Å². The highest BCUT2D eigenvalue weighted by Crippen LogP contribution is 2.59. The van der Waals surface area contributed by atoms with Crippen molar-refractivity contribution in [3.8, 4) is 273 Å². The first-order chi connectivity index (χ1) is 56.0. The van der Waals surface area contributed by atoms with Gasteiger partial charge in [-0.3, -0.25) is 0 Å². The van der Waals surface area contributed by atoms with Crippen LogP contribution in [0.2, 0.25) is 5.82 Å². The third kappa shape index (κ3) is 17.3. The summed E-state index contributed by atoms with van der Waals surface area (Å²) < 4.78 is 0. The minimum atomic E-state index is 0.0738. The number of terminal acetylenes is 5. The van der Waals surface area contributed by atoms with Gasteiger partial charge in [-0.2, -0.15) is 0 Å². The molecule has 0 saturated heterocycles. The fraction of sp³-hybridized carbons (Fsp3) is 0.179. The van der Waals surface area contributed by atoms with Crippen molar-refractivity contribution in [2.75, 3.05) is 0 Å². The zero-order chi connectivity index (χ0) is 86.1. The number of hydrogen-bond donors (Lipinski definition) is 0. The van der Waals surface area contributed by atoms with Gasteiger partial charge >= 0.3 is 0 Å². The van der Waals surface area contributed by atoms with Gasteiger partial charge in [-0.05, 0) is 362 Å². The summed E-state index contributed by atoms with van der Waals surface area (Å²) in [5.41, 5.74) is 26.8. The topological polar surface area (TPSA) is 0 Å². The van der Waals surface area contributed by atoms with Crippen molar-refractivity contribution in [3.63, 3.8) is 0 Å². The second-order valence-electron chi connectivity index (χ2n) is 31.6. The highest BCUT2D eigenvalue weighted by molar-refractivity contribution is 7.89. The largest absolute Gasteiger partial charge is 0.140 e. The molecule has 0 aromatic heterocycles. The second kappa shape index (κ2) is 40.2. The maximum absolute atomic E-state index is 6.93. The van der Waals surface area contributed by atoms with E-state index in [4.69, 9.17) is 32.1 Å². The molecule has 524 valence electrons. The van der Waals surface area contributed by atoms with Crippen LogP contribution >= 0.6 is 0 Å². The normalized spacial score (nSPS) is 11.0. The van der Waals surface area contributed by atoms with Gasteiger partial charge in [0.05, 0.1) is 138 Å². The van der Waals surface area contributed by atoms with E-state index in [0.717, 1.165) is 74.6 Å². The van der Waals surface area contributed by atoms with Crippen LogP contribution in [0.4, 0.5) is 0 Å². The average Bonchev–Trinajstić information content (AvgIpc) is 0.679. The second-order valence-corrected chi connectivity index (χ2v) is 31.6. The third-order valence-corrected chi connectivity index (χ3v) is 24.4. The summed E-state index contributed by atoms with van der Waals surface area (Å²) in [6.07, 6.45) is 32.2. The summed E-state index contributed by atoms with van der Waals surface area (Å²) in [4.78, 5) is 0. The Balaban J connectivity index is 2.07. The summed E-state index contributed by atoms with van der Waals surface area (Å²) in [6, 6.07) is 0. The highest BCUT2D eigenvalue weighted by atomic mass is 14.4. The molecule has 0 spiro atoms. The van der Waals surface area contributed by atoms with Crippen LogP contribution in [0.3, 0.4) is 0 Å². The van der Waals surface area contributed by atoms with Gasteiger partial charge in [-0.25, -0.2) is 0 Å². The Hall–Kier alpha value is -12.5. The minimum absolute atomic E-state index is 0.0738. The predicted molar refractivity (Wildman–Crippen MR) is 559 cm³/mol. The lowest BCUT2D eigenvalue weighted by Gasteiger charge is -2.49. The molecule has 0 heterocycles. The average molecular weight is 1460 g/mol. The van der Waals surface area contributed by atoms with Crippen molar-refractivity contribution >= 4 is 213 Å². The van der Waals surface area contributed by atoms with E-state index in [1.807, 2.05) is 6.92 Å². The summed E-state index contributed by atoms with van der Waals surface area (Å²) >= 11 is 0. The quantitative estimate of drug-likeness (QED) is 0.0649. The molecule has 2 atom stereocenters. The molecule has 117 heavy (non-hydrogen) atoms. The summed E-state index contributed by atoms with van der Waals surface area (Å²) in [5.74, 6) is 112. The van der Waals surface area contributed by atoms with Crippen LogP contribution in [0.5, 0.6) is 0 Å². The molecule has 8 rings (SSSR count). The van der Waals surface area contributed by atoms with Crippen molar-refractivity contribution in [2.24, 2.45) is 0 Å². The minimum Gasteiger partial charge on any atom is -0.131 e. The molecular formula is C95H78B22. The molecule has 0 N–H and O–H groups in total. The van der Waals surface area contributed by atoms with Crippen molar-refractivity contribution in [3.05, 3.63) is 122 Å². The van der Waals surface area contributed by atoms with Crippen LogP contribution in [0, 0.1) is 327 Å². The Morgan fingerprint density at radius 2 is 0.684 bits per heavy atom. The monoisotopic (exact) mass is 1460 g/mol. The molecule has 7 aromatic carbocycles. The Kier molecular flexibility index (Phi) is 30.9. The number of aryl methyl sites for hydroxylation is 5. The summed E-state index contributed by atoms with van der Waals surface area (Å²) in [5, 5.41) is 6.37. The zero-order valence-electron chi connectivity index (χ0n) is 73.6. The Morgan fingerprint density at radius 1 is 0.299 bits per heavy atom. The van der Waals surface area contributed by atoms with Gasteiger partial charge in [0.2, 0.25) is 0 Å². The van der Waals surface area contributed by atoms with Crippen LogP contribution < -0.4 is 5.46 Å². The van der Waals surface area contributed by atoms with E-state index < -0.39 is 0 Å². The number of benzene rings is 7. The molecule has 7 aromatic rings. The maximum Gasteiger partial charge on any atom is 0.140 e. The smallest absolute Gasteiger partial charge is 0.131 e. The van der Waals surface area contributed by atoms with Crippen LogP contribution in [-0.4, -0.2) is 158 Å². The fourth-order valence-corrected chi connectivity index (χ4v) is 18.9. The van der Waals surface area contributed by atoms with E-state index >= 15 is 0 Å². The molecule has 0 fully saturated rings. The Labute approximate surface area is 718 Å². The molecule has 0 aliphatic heterocycles. The van der Waals surface area contributed by atoms with Gasteiger partial charge in [0, 0.05) is 84.3 Å². The van der Waals surface area contributed by atoms with E-state index in [9.17, 15) is 0 Å². The molecule has 0 bridgehead atoms. The number of rotatable bonds is 12. The Bertz CT molecular complexity index is 6980. The van der Waals surface area contributed by atoms with Crippen molar-refractivity contribution in [1.82, 2.24) is 0 Å². The van der Waals surface area contributed by atoms with Crippen LogP contribution in [0.25, 0.3) is 70.8 Å². The first-order valence-electron chi connectivity index (χ1n) is 40.2. The van der Waals surface area contributed by atoms with Crippen LogP contribution in [0.15, 0.2) is 5.47 Å². The number of fused-ring (bicyclic) bond motifs is 6. The first kappa shape index (κ1) is 90.1. The standard InChI is InChI=1S/C95H78B22/c1-21-29-35-39-41-42-45-50-57-77-79-67(18)70(28-8)71(51-27-7)74(52-34-26-6)86(79)87-75(55-46-33-25-5)72(53-47-38-32-24-4)73(54-48-43-37-31-23-3)76(56-49-44-40-36-30-22-2)88(87)89(77)90-80-62(13)59(10)58(9)61(12)78(80)68(19)84-81(63(14)60(11)64(15)83(84)90)82-65(16)66(17)92(96)91-85(82)69(20)93(110(108-97)113(99)100)95(111(114(101)102)115(103)104)94(91)112(116(105)106)117(107)109-98/h1-2,4,6,8,69,93,108-109H,96-107H2,3,5,7,9-20H3. The Morgan fingerprint density at radius 3 is 1.15 bits per heavy atom. The van der Waals surface area contributed by atoms with Crippen LogP contribution in [0.1, 0.15) is 150 Å². The lowest BCUT2D eigenvalue weighted by atomic mass is 8.66. The lowest BCUT2D eigenvalue weighted by Crippen LogP contribution is -2.62. The van der Waals surface area contributed by atoms with Gasteiger partial charge in [0.1, 0.15) is 7.85 Å². The highest BCUT2D eigenvalue weighted by Gasteiger charge is 2.49. The van der Waals surface area contributed by atoms with Gasteiger partial charge in [-0.15, -0.1) is 49.0 Å². The van der Waals surface area contributed by atoms with Crippen molar-refractivity contribution in [1.29, 1.82) is 0 Å². The van der Waals surface area contributed by atoms with E-state index in [0.29, 0.717) is 122 Å². The lowest BCUT2D eigenvalue weighted by molar-refractivity contribution is 0.755. The molecule has 1 aliphatic carbocycles. The fourth-order valence-electron chi connectivity index (χ4n) is 18.9. The molecule has 2 unspecified atom stereocenters. The number of allylic oxidation sites excluding steroid dienone is 1. The summed E-state index contributed by atoms with van der Waals surface area (Å²) in [7, 11) is 31.7. The van der Waals surface area contributed by atoms with E-state index in [-0.39, 0.29) is 18.2 Å². The molecule has 0 radical (unpaired) electrons. The molecule has 0 nitrogen and oxygen atoms in total. The zero-order valence-corrected chi connectivity index (χ0v) is 73.6. The van der Waals surface area contributed by atoms with E-state index in [1.54, 1.807) is 31.7 Å². The van der Waals surface area contributed by atoms with E-state index in [2.05, 4.69) is 388 Å². The molecule has 0 saturated carbocycles. The predicted octanol–water partition coefficient (Wildman–Crippen LogP) is -0.850. The van der Waals surface area contributed by atoms with Gasteiger partial charge in [-0.1, -0.05) is 83.0 Å². The SMILES string of the molecule is BBB(B)B(B(B)B)C1=C(B(B(B)B)B(B)B)C(B(BB)B(B)B)C(C)c2c1c(B)c(C)c(C)c2-c1c(C)c(C)c(C)c2c(-c3c(C#CC#CC#CC#CC#C)c4c(C)c(C#C)c(C#CC)c(C#CC#C)c4c4c(C#CC#CC)c(C#CC#CC#C)c(C#CC#CC#CC)c(C#CC#CC#CC#C)c34)c3c(C)c(C)c(C)c(C)c3c(C)c12. The van der Waals surface area contributed by atoms with E-state index in [1.165, 1.54) is 50.0 Å². The maximum atomic E-state index is 6.93. The first-order valence-corrected chi connectivity index (χ1v) is 40.2. The van der Waals surface area contributed by atoms with Gasteiger partial charge < -0.3 is 0 Å². The summed E-state index contributed by atoms with van der Waals surface area (Å²) in [6.45, 7) is 33.8. The molecule has 22 heteroatoms. The third-order valence-electron chi connectivity index (χ3n) is 24.4. The molecule has 1 aliphatic rings.